The summed E-state index contributed by atoms with van der Waals surface area (Å²) >= 11 is 7.00. The van der Waals surface area contributed by atoms with Crippen molar-refractivity contribution >= 4 is 31.9 Å². The summed E-state index contributed by atoms with van der Waals surface area (Å²) in [5, 5.41) is 3.49. The van der Waals surface area contributed by atoms with Gasteiger partial charge in [0.15, 0.2) is 0 Å². The maximum Gasteiger partial charge on any atom is 0.0721 e. The van der Waals surface area contributed by atoms with Crippen molar-refractivity contribution in [3.63, 3.8) is 0 Å². The van der Waals surface area contributed by atoms with Crippen LogP contribution < -0.4 is 5.32 Å². The van der Waals surface area contributed by atoms with E-state index in [9.17, 15) is 0 Å². The minimum Gasteiger partial charge on any atom is -0.308 e. The molecule has 1 unspecified atom stereocenters. The smallest absolute Gasteiger partial charge is 0.0721 e. The second kappa shape index (κ2) is 5.61. The molecular formula is C12H18Br2N2. The normalized spacial score (nSPS) is 13.9. The van der Waals surface area contributed by atoms with Crippen LogP contribution in [0.2, 0.25) is 0 Å². The zero-order valence-electron chi connectivity index (χ0n) is 10.1. The van der Waals surface area contributed by atoms with Gasteiger partial charge in [-0.3, -0.25) is 4.98 Å². The monoisotopic (exact) mass is 348 g/mol. The SMILES string of the molecule is CCNC(c1ncc(Br)cc1Br)C(C)(C)C. The van der Waals surface area contributed by atoms with E-state index in [0.29, 0.717) is 0 Å². The molecule has 1 rings (SSSR count). The van der Waals surface area contributed by atoms with Gasteiger partial charge in [0.1, 0.15) is 0 Å². The average Bonchev–Trinajstić information content (AvgIpc) is 2.13. The molecule has 0 radical (unpaired) electrons. The minimum absolute atomic E-state index is 0.138. The molecule has 0 aromatic carbocycles. The van der Waals surface area contributed by atoms with Gasteiger partial charge in [0.25, 0.3) is 0 Å². The lowest BCUT2D eigenvalue weighted by Gasteiger charge is -2.31. The van der Waals surface area contributed by atoms with Crippen LogP contribution >= 0.6 is 31.9 Å². The van der Waals surface area contributed by atoms with Crippen molar-refractivity contribution in [3.05, 3.63) is 26.9 Å². The highest BCUT2D eigenvalue weighted by molar-refractivity contribution is 9.11. The van der Waals surface area contributed by atoms with Crippen LogP contribution in [0, 0.1) is 5.41 Å². The molecule has 2 nitrogen and oxygen atoms in total. The van der Waals surface area contributed by atoms with Gasteiger partial charge in [-0.1, -0.05) is 27.7 Å². The standard InChI is InChI=1S/C12H18Br2N2/c1-5-15-11(12(2,3)4)10-9(14)6-8(13)7-16-10/h6-7,11,15H,5H2,1-4H3. The number of rotatable bonds is 3. The molecule has 0 saturated heterocycles. The zero-order chi connectivity index (χ0) is 12.3. The zero-order valence-corrected chi connectivity index (χ0v) is 13.3. The average molecular weight is 350 g/mol. The van der Waals surface area contributed by atoms with Crippen molar-refractivity contribution in [2.75, 3.05) is 6.54 Å². The maximum absolute atomic E-state index is 4.51. The largest absolute Gasteiger partial charge is 0.308 e. The van der Waals surface area contributed by atoms with Gasteiger partial charge in [-0.05, 0) is 49.9 Å². The predicted molar refractivity (Wildman–Crippen MR) is 75.5 cm³/mol. The summed E-state index contributed by atoms with van der Waals surface area (Å²) in [6, 6.07) is 2.29. The quantitative estimate of drug-likeness (QED) is 0.879. The van der Waals surface area contributed by atoms with E-state index in [-0.39, 0.29) is 11.5 Å². The van der Waals surface area contributed by atoms with E-state index in [1.54, 1.807) is 0 Å². The Balaban J connectivity index is 3.11. The van der Waals surface area contributed by atoms with E-state index in [1.807, 2.05) is 12.3 Å². The van der Waals surface area contributed by atoms with E-state index in [1.165, 1.54) is 0 Å². The van der Waals surface area contributed by atoms with Gasteiger partial charge >= 0.3 is 0 Å². The van der Waals surface area contributed by atoms with Gasteiger partial charge in [0.05, 0.1) is 11.7 Å². The number of hydrogen-bond donors (Lipinski definition) is 1. The van der Waals surface area contributed by atoms with Crippen molar-refractivity contribution in [2.45, 2.75) is 33.7 Å². The van der Waals surface area contributed by atoms with E-state index < -0.39 is 0 Å². The molecule has 4 heteroatoms. The van der Waals surface area contributed by atoms with Crippen molar-refractivity contribution in [1.29, 1.82) is 0 Å². The highest BCUT2D eigenvalue weighted by Crippen LogP contribution is 2.35. The Kier molecular flexibility index (Phi) is 4.95. The molecule has 0 fully saturated rings. The van der Waals surface area contributed by atoms with Crippen LogP contribution in [0.5, 0.6) is 0 Å². The molecule has 1 aromatic rings. The van der Waals surface area contributed by atoms with Gasteiger partial charge < -0.3 is 5.32 Å². The van der Waals surface area contributed by atoms with Crippen molar-refractivity contribution in [2.24, 2.45) is 5.41 Å². The molecule has 1 aromatic heterocycles. The van der Waals surface area contributed by atoms with Gasteiger partial charge in [0, 0.05) is 15.1 Å². The molecular weight excluding hydrogens is 332 g/mol. The van der Waals surface area contributed by atoms with Gasteiger partial charge in [0.2, 0.25) is 0 Å². The van der Waals surface area contributed by atoms with E-state index in [0.717, 1.165) is 21.2 Å². The maximum atomic E-state index is 4.51. The fourth-order valence-electron chi connectivity index (χ4n) is 1.65. The first-order valence-corrected chi connectivity index (χ1v) is 6.99. The van der Waals surface area contributed by atoms with Crippen LogP contribution in [0.1, 0.15) is 39.4 Å². The van der Waals surface area contributed by atoms with Gasteiger partial charge in [-0.2, -0.15) is 0 Å². The molecule has 0 aliphatic heterocycles. The topological polar surface area (TPSA) is 24.9 Å². The Labute approximate surface area is 114 Å². The highest BCUT2D eigenvalue weighted by Gasteiger charge is 2.28. The molecule has 0 amide bonds. The Hall–Kier alpha value is 0.0700. The number of pyridine rings is 1. The van der Waals surface area contributed by atoms with Gasteiger partial charge in [-0.25, -0.2) is 0 Å². The number of nitrogens with zero attached hydrogens (tertiary/aromatic N) is 1. The molecule has 90 valence electrons. The minimum atomic E-state index is 0.138. The summed E-state index contributed by atoms with van der Waals surface area (Å²) in [7, 11) is 0. The molecule has 16 heavy (non-hydrogen) atoms. The van der Waals surface area contributed by atoms with Crippen LogP contribution in [0.25, 0.3) is 0 Å². The van der Waals surface area contributed by atoms with Crippen LogP contribution in [-0.2, 0) is 0 Å². The van der Waals surface area contributed by atoms with E-state index >= 15 is 0 Å². The fraction of sp³-hybridized carbons (Fsp3) is 0.583. The lowest BCUT2D eigenvalue weighted by molar-refractivity contribution is 0.270. The predicted octanol–water partition coefficient (Wildman–Crippen LogP) is 4.30. The van der Waals surface area contributed by atoms with Crippen molar-refractivity contribution in [1.82, 2.24) is 10.3 Å². The van der Waals surface area contributed by atoms with E-state index in [4.69, 9.17) is 0 Å². The first-order chi connectivity index (χ1) is 7.36. The molecule has 0 saturated carbocycles. The second-order valence-electron chi connectivity index (χ2n) is 4.88. The number of hydrogen-bond acceptors (Lipinski definition) is 2. The van der Waals surface area contributed by atoms with E-state index in [2.05, 4.69) is 69.9 Å². The molecule has 1 N–H and O–H groups in total. The van der Waals surface area contributed by atoms with Crippen LogP contribution in [0.4, 0.5) is 0 Å². The summed E-state index contributed by atoms with van der Waals surface area (Å²) in [4.78, 5) is 4.51. The van der Waals surface area contributed by atoms with Crippen LogP contribution in [0.3, 0.4) is 0 Å². The third kappa shape index (κ3) is 3.54. The summed E-state index contributed by atoms with van der Waals surface area (Å²) in [6.07, 6.45) is 1.84. The Bertz CT molecular complexity index is 359. The molecule has 1 atom stereocenters. The highest BCUT2D eigenvalue weighted by atomic mass is 79.9. The molecule has 0 spiro atoms. The lowest BCUT2D eigenvalue weighted by atomic mass is 9.84. The summed E-state index contributed by atoms with van der Waals surface area (Å²) in [5.41, 5.74) is 1.21. The Morgan fingerprint density at radius 2 is 2.00 bits per heavy atom. The number of aromatic nitrogens is 1. The lowest BCUT2D eigenvalue weighted by Crippen LogP contribution is -2.33. The Morgan fingerprint density at radius 1 is 1.38 bits per heavy atom. The van der Waals surface area contributed by atoms with Crippen LogP contribution in [0.15, 0.2) is 21.2 Å². The fourth-order valence-corrected chi connectivity index (χ4v) is 2.87. The molecule has 1 heterocycles. The Morgan fingerprint density at radius 3 is 2.44 bits per heavy atom. The number of nitrogens with one attached hydrogen (secondary N) is 1. The second-order valence-corrected chi connectivity index (χ2v) is 6.65. The molecule has 0 aliphatic carbocycles. The van der Waals surface area contributed by atoms with Crippen molar-refractivity contribution < 1.29 is 0 Å². The summed E-state index contributed by atoms with van der Waals surface area (Å²) in [6.45, 7) is 9.71. The summed E-state index contributed by atoms with van der Waals surface area (Å²) < 4.78 is 2.04. The molecule has 0 aliphatic rings. The summed E-state index contributed by atoms with van der Waals surface area (Å²) in [5.74, 6) is 0. The van der Waals surface area contributed by atoms with Crippen LogP contribution in [-0.4, -0.2) is 11.5 Å². The molecule has 0 bridgehead atoms. The van der Waals surface area contributed by atoms with Crippen molar-refractivity contribution in [3.8, 4) is 0 Å². The third-order valence-electron chi connectivity index (χ3n) is 2.38. The third-order valence-corrected chi connectivity index (χ3v) is 3.45. The first kappa shape index (κ1) is 14.1. The number of halogens is 2. The van der Waals surface area contributed by atoms with Gasteiger partial charge in [-0.15, -0.1) is 0 Å². The first-order valence-electron chi connectivity index (χ1n) is 5.40.